The maximum Gasteiger partial charge on any atom is 0.295 e. The number of hydrogen-bond donors (Lipinski definition) is 1. The van der Waals surface area contributed by atoms with Gasteiger partial charge in [0.25, 0.3) is 11.7 Å². The number of carbonyl (C=O) groups is 2. The summed E-state index contributed by atoms with van der Waals surface area (Å²) in [6.07, 6.45) is 0. The lowest BCUT2D eigenvalue weighted by molar-refractivity contribution is -0.140. The second-order valence-corrected chi connectivity index (χ2v) is 10.0. The highest BCUT2D eigenvalue weighted by atomic mass is 16.6. The molecule has 2 aromatic carbocycles. The number of aliphatic hydroxyl groups is 1. The van der Waals surface area contributed by atoms with Crippen molar-refractivity contribution in [2.75, 3.05) is 40.4 Å². The summed E-state index contributed by atoms with van der Waals surface area (Å²) in [4.78, 5) is 29.8. The van der Waals surface area contributed by atoms with Gasteiger partial charge >= 0.3 is 0 Å². The van der Waals surface area contributed by atoms with Gasteiger partial charge in [0.1, 0.15) is 19.0 Å². The third kappa shape index (κ3) is 4.53. The fourth-order valence-corrected chi connectivity index (χ4v) is 4.28. The number of nitrogens with zero attached hydrogens (tertiary/aromatic N) is 2. The first-order valence-electron chi connectivity index (χ1n) is 11.5. The van der Waals surface area contributed by atoms with Crippen molar-refractivity contribution in [1.29, 1.82) is 0 Å². The number of likely N-dealkylation sites (tertiary alicyclic amines) is 1. The number of ketones is 1. The van der Waals surface area contributed by atoms with Crippen molar-refractivity contribution in [1.82, 2.24) is 9.80 Å². The molecule has 0 unspecified atom stereocenters. The van der Waals surface area contributed by atoms with Gasteiger partial charge in [0, 0.05) is 18.7 Å². The second-order valence-electron chi connectivity index (χ2n) is 10.0. The van der Waals surface area contributed by atoms with E-state index in [1.54, 1.807) is 23.1 Å². The van der Waals surface area contributed by atoms with E-state index in [9.17, 15) is 14.7 Å². The number of benzene rings is 2. The summed E-state index contributed by atoms with van der Waals surface area (Å²) < 4.78 is 11.2. The molecule has 1 saturated heterocycles. The Morgan fingerprint density at radius 3 is 2.29 bits per heavy atom. The van der Waals surface area contributed by atoms with E-state index >= 15 is 0 Å². The van der Waals surface area contributed by atoms with E-state index < -0.39 is 17.7 Å². The van der Waals surface area contributed by atoms with Crippen LogP contribution in [0.1, 0.15) is 43.5 Å². The van der Waals surface area contributed by atoms with Crippen molar-refractivity contribution < 1.29 is 24.2 Å². The highest BCUT2D eigenvalue weighted by Crippen LogP contribution is 2.41. The highest BCUT2D eigenvalue weighted by molar-refractivity contribution is 6.46. The van der Waals surface area contributed by atoms with Gasteiger partial charge in [-0.05, 0) is 48.8 Å². The van der Waals surface area contributed by atoms with Crippen molar-refractivity contribution in [3.63, 3.8) is 0 Å². The molecule has 0 aromatic heterocycles. The van der Waals surface area contributed by atoms with Gasteiger partial charge in [0.05, 0.1) is 11.6 Å². The molecule has 0 saturated carbocycles. The van der Waals surface area contributed by atoms with Gasteiger partial charge in [-0.1, -0.05) is 45.0 Å². The molecule has 0 bridgehead atoms. The average molecular weight is 465 g/mol. The van der Waals surface area contributed by atoms with Crippen LogP contribution in [0.2, 0.25) is 0 Å². The Bertz CT molecular complexity index is 1130. The fraction of sp³-hybridized carbons (Fsp3) is 0.407. The molecule has 1 amide bonds. The first-order chi connectivity index (χ1) is 16.1. The number of Topliss-reactive ketones (excluding diaryl/α,β-unsaturated/α-hetero) is 1. The average Bonchev–Trinajstić information content (AvgIpc) is 3.06. The van der Waals surface area contributed by atoms with E-state index in [1.807, 2.05) is 43.3 Å². The maximum atomic E-state index is 13.2. The SMILES string of the molecule is CN(C)CCN1C(=O)C(=O)C(=C(O)c2ccc3c(c2)OCCO3)[C@H]1c1ccc(C(C)(C)C)cc1. The molecule has 1 atom stereocenters. The molecule has 2 heterocycles. The van der Waals surface area contributed by atoms with E-state index in [1.165, 1.54) is 0 Å². The molecular formula is C27H32N2O5. The van der Waals surface area contributed by atoms with Crippen LogP contribution in [0.3, 0.4) is 0 Å². The number of amides is 1. The zero-order valence-corrected chi connectivity index (χ0v) is 20.4. The molecule has 0 spiro atoms. The lowest BCUT2D eigenvalue weighted by Gasteiger charge is -2.27. The molecule has 7 heteroatoms. The van der Waals surface area contributed by atoms with E-state index in [0.29, 0.717) is 43.4 Å². The van der Waals surface area contributed by atoms with Gasteiger partial charge in [-0.15, -0.1) is 0 Å². The molecule has 1 fully saturated rings. The molecule has 2 aliphatic heterocycles. The molecule has 34 heavy (non-hydrogen) atoms. The van der Waals surface area contributed by atoms with Crippen LogP contribution in [0.5, 0.6) is 11.5 Å². The van der Waals surface area contributed by atoms with Crippen LogP contribution in [0.4, 0.5) is 0 Å². The Hall–Kier alpha value is -3.32. The minimum Gasteiger partial charge on any atom is -0.507 e. The van der Waals surface area contributed by atoms with Gasteiger partial charge in [0.2, 0.25) is 0 Å². The first-order valence-corrected chi connectivity index (χ1v) is 11.5. The Morgan fingerprint density at radius 2 is 1.68 bits per heavy atom. The largest absolute Gasteiger partial charge is 0.507 e. The number of ether oxygens (including phenoxy) is 2. The van der Waals surface area contributed by atoms with Crippen molar-refractivity contribution in [3.8, 4) is 11.5 Å². The van der Waals surface area contributed by atoms with E-state index in [2.05, 4.69) is 20.8 Å². The maximum absolute atomic E-state index is 13.2. The van der Waals surface area contributed by atoms with E-state index in [4.69, 9.17) is 9.47 Å². The Balaban J connectivity index is 1.81. The van der Waals surface area contributed by atoms with Crippen LogP contribution < -0.4 is 9.47 Å². The fourth-order valence-electron chi connectivity index (χ4n) is 4.28. The van der Waals surface area contributed by atoms with Crippen molar-refractivity contribution in [2.45, 2.75) is 32.2 Å². The minimum atomic E-state index is -0.684. The normalized spacial score (nSPS) is 19.7. The summed E-state index contributed by atoms with van der Waals surface area (Å²) in [7, 11) is 3.83. The van der Waals surface area contributed by atoms with E-state index in [-0.39, 0.29) is 16.7 Å². The molecule has 2 aliphatic rings. The van der Waals surface area contributed by atoms with Crippen molar-refractivity contribution >= 4 is 17.4 Å². The Labute approximate surface area is 200 Å². The number of fused-ring (bicyclic) bond motifs is 1. The quantitative estimate of drug-likeness (QED) is 0.413. The number of hydrogen-bond acceptors (Lipinski definition) is 6. The molecule has 4 rings (SSSR count). The topological polar surface area (TPSA) is 79.3 Å². The Kier molecular flexibility index (Phi) is 6.41. The van der Waals surface area contributed by atoms with Crippen LogP contribution >= 0.6 is 0 Å². The molecular weight excluding hydrogens is 432 g/mol. The van der Waals surface area contributed by atoms with Crippen LogP contribution in [-0.2, 0) is 15.0 Å². The summed E-state index contributed by atoms with van der Waals surface area (Å²) in [5.74, 6) is -0.416. The molecule has 7 nitrogen and oxygen atoms in total. The first kappa shape index (κ1) is 23.8. The highest BCUT2D eigenvalue weighted by Gasteiger charge is 2.46. The minimum absolute atomic E-state index is 0.0313. The third-order valence-electron chi connectivity index (χ3n) is 6.24. The predicted molar refractivity (Wildman–Crippen MR) is 130 cm³/mol. The lowest BCUT2D eigenvalue weighted by Crippen LogP contribution is -2.35. The molecule has 180 valence electrons. The van der Waals surface area contributed by atoms with Crippen molar-refractivity contribution in [2.24, 2.45) is 0 Å². The number of likely N-dealkylation sites (N-methyl/N-ethyl adjacent to an activating group) is 1. The smallest absolute Gasteiger partial charge is 0.295 e. The standard InChI is InChI=1S/C27H32N2O5/c1-27(2,3)19-9-6-17(7-10-19)23-22(25(31)26(32)29(23)13-12-28(4)5)24(30)18-8-11-20-21(16-18)34-15-14-33-20/h6-11,16,23,30H,12-15H2,1-5H3/t23-/m1/s1. The van der Waals surface area contributed by atoms with Crippen LogP contribution in [0.15, 0.2) is 48.0 Å². The predicted octanol–water partition coefficient (Wildman–Crippen LogP) is 3.74. The number of carbonyl (C=O) groups excluding carboxylic acids is 2. The van der Waals surface area contributed by atoms with Crippen LogP contribution in [0, 0.1) is 0 Å². The van der Waals surface area contributed by atoms with Crippen LogP contribution in [-0.4, -0.2) is 67.0 Å². The summed E-state index contributed by atoms with van der Waals surface area (Å²) in [6, 6.07) is 12.3. The summed E-state index contributed by atoms with van der Waals surface area (Å²) in [6.45, 7) is 8.22. The Morgan fingerprint density at radius 1 is 1.03 bits per heavy atom. The molecule has 2 aromatic rings. The van der Waals surface area contributed by atoms with Gasteiger partial charge in [-0.25, -0.2) is 0 Å². The van der Waals surface area contributed by atoms with Gasteiger partial charge in [-0.2, -0.15) is 0 Å². The molecule has 0 radical (unpaired) electrons. The van der Waals surface area contributed by atoms with Crippen molar-refractivity contribution in [3.05, 3.63) is 64.7 Å². The second kappa shape index (κ2) is 9.14. The van der Waals surface area contributed by atoms with Gasteiger partial charge < -0.3 is 24.4 Å². The third-order valence-corrected chi connectivity index (χ3v) is 6.24. The van der Waals surface area contributed by atoms with Gasteiger partial charge in [0.15, 0.2) is 11.5 Å². The number of aliphatic hydroxyl groups excluding tert-OH is 1. The zero-order chi connectivity index (χ0) is 24.6. The monoisotopic (exact) mass is 464 g/mol. The van der Waals surface area contributed by atoms with E-state index in [0.717, 1.165) is 11.1 Å². The molecule has 1 N–H and O–H groups in total. The summed E-state index contributed by atoms with van der Waals surface area (Å²) in [5, 5.41) is 11.3. The van der Waals surface area contributed by atoms with Gasteiger partial charge in [-0.3, -0.25) is 9.59 Å². The summed E-state index contributed by atoms with van der Waals surface area (Å²) >= 11 is 0. The molecule has 0 aliphatic carbocycles. The zero-order valence-electron chi connectivity index (χ0n) is 20.4. The number of rotatable bonds is 5. The van der Waals surface area contributed by atoms with Crippen LogP contribution in [0.25, 0.3) is 5.76 Å². The summed E-state index contributed by atoms with van der Waals surface area (Å²) in [5.41, 5.74) is 2.39. The lowest BCUT2D eigenvalue weighted by atomic mass is 9.85.